The van der Waals surface area contributed by atoms with Crippen LogP contribution in [0.4, 0.5) is 5.69 Å². The number of anilines is 1. The van der Waals surface area contributed by atoms with Gasteiger partial charge >= 0.3 is 0 Å². The summed E-state index contributed by atoms with van der Waals surface area (Å²) in [5.41, 5.74) is 0.926. The van der Waals surface area contributed by atoms with Gasteiger partial charge in [-0.3, -0.25) is 0 Å². The molecule has 0 spiro atoms. The quantitative estimate of drug-likeness (QED) is 0.847. The summed E-state index contributed by atoms with van der Waals surface area (Å²) in [5, 5.41) is 13.1. The van der Waals surface area contributed by atoms with E-state index < -0.39 is 0 Å². The third kappa shape index (κ3) is 3.27. The monoisotopic (exact) mass is 237 g/mol. The molecule has 2 rings (SSSR count). The van der Waals surface area contributed by atoms with Gasteiger partial charge < -0.3 is 19.9 Å². The zero-order chi connectivity index (χ0) is 12.1. The van der Waals surface area contributed by atoms with Gasteiger partial charge in [-0.1, -0.05) is 0 Å². The van der Waals surface area contributed by atoms with Crippen LogP contribution in [0.3, 0.4) is 0 Å². The zero-order valence-corrected chi connectivity index (χ0v) is 10.1. The SMILES string of the molecule is COc1ccc(NC2CCCOCC2)cc1O. The van der Waals surface area contributed by atoms with Gasteiger partial charge in [0.15, 0.2) is 11.5 Å². The number of rotatable bonds is 3. The van der Waals surface area contributed by atoms with Crippen LogP contribution in [0.5, 0.6) is 11.5 Å². The maximum atomic E-state index is 9.69. The van der Waals surface area contributed by atoms with Crippen LogP contribution in [0.15, 0.2) is 18.2 Å². The Hall–Kier alpha value is -1.42. The van der Waals surface area contributed by atoms with Crippen LogP contribution in [-0.4, -0.2) is 31.5 Å². The number of nitrogens with one attached hydrogen (secondary N) is 1. The Balaban J connectivity index is 1.99. The summed E-state index contributed by atoms with van der Waals surface area (Å²) in [6.07, 6.45) is 3.19. The first-order chi connectivity index (χ1) is 8.29. The van der Waals surface area contributed by atoms with Gasteiger partial charge in [-0.05, 0) is 31.4 Å². The zero-order valence-electron chi connectivity index (χ0n) is 10.1. The predicted octanol–water partition coefficient (Wildman–Crippen LogP) is 2.38. The molecule has 1 aliphatic heterocycles. The van der Waals surface area contributed by atoms with Crippen molar-refractivity contribution in [1.29, 1.82) is 0 Å². The van der Waals surface area contributed by atoms with E-state index in [1.807, 2.05) is 6.07 Å². The molecule has 1 aromatic rings. The average molecular weight is 237 g/mol. The predicted molar refractivity (Wildman–Crippen MR) is 66.7 cm³/mol. The Morgan fingerprint density at radius 3 is 3.00 bits per heavy atom. The molecule has 0 radical (unpaired) electrons. The van der Waals surface area contributed by atoms with E-state index in [0.29, 0.717) is 11.8 Å². The largest absolute Gasteiger partial charge is 0.504 e. The first kappa shape index (κ1) is 12.0. The first-order valence-electron chi connectivity index (χ1n) is 6.01. The molecule has 1 atom stereocenters. The van der Waals surface area contributed by atoms with Gasteiger partial charge in [0.25, 0.3) is 0 Å². The van der Waals surface area contributed by atoms with Gasteiger partial charge in [0.1, 0.15) is 0 Å². The molecule has 1 unspecified atom stereocenters. The van der Waals surface area contributed by atoms with Crippen LogP contribution in [0.25, 0.3) is 0 Å². The number of benzene rings is 1. The molecule has 1 aliphatic rings. The van der Waals surface area contributed by atoms with Gasteiger partial charge in [0.2, 0.25) is 0 Å². The third-order valence-electron chi connectivity index (χ3n) is 3.00. The lowest BCUT2D eigenvalue weighted by atomic mass is 10.1. The molecule has 0 amide bonds. The van der Waals surface area contributed by atoms with Crippen LogP contribution in [0, 0.1) is 0 Å². The summed E-state index contributed by atoms with van der Waals surface area (Å²) in [5.74, 6) is 0.669. The number of aromatic hydroxyl groups is 1. The van der Waals surface area contributed by atoms with E-state index >= 15 is 0 Å². The molecule has 4 heteroatoms. The van der Waals surface area contributed by atoms with Crippen molar-refractivity contribution in [2.24, 2.45) is 0 Å². The van der Waals surface area contributed by atoms with Crippen LogP contribution in [0.2, 0.25) is 0 Å². The number of phenolic OH excluding ortho intramolecular Hbond substituents is 1. The van der Waals surface area contributed by atoms with Gasteiger partial charge in [-0.15, -0.1) is 0 Å². The fourth-order valence-electron chi connectivity index (χ4n) is 2.06. The Kier molecular flexibility index (Phi) is 4.09. The first-order valence-corrected chi connectivity index (χ1v) is 6.01. The molecule has 17 heavy (non-hydrogen) atoms. The van der Waals surface area contributed by atoms with E-state index in [2.05, 4.69) is 5.32 Å². The molecule has 0 bridgehead atoms. The summed E-state index contributed by atoms with van der Waals surface area (Å²) < 4.78 is 10.4. The van der Waals surface area contributed by atoms with E-state index in [1.165, 1.54) is 0 Å². The molecule has 1 aromatic carbocycles. The highest BCUT2D eigenvalue weighted by Gasteiger charge is 2.12. The van der Waals surface area contributed by atoms with Crippen molar-refractivity contribution in [2.45, 2.75) is 25.3 Å². The van der Waals surface area contributed by atoms with Crippen molar-refractivity contribution in [1.82, 2.24) is 0 Å². The van der Waals surface area contributed by atoms with Gasteiger partial charge in [0.05, 0.1) is 7.11 Å². The molecule has 4 nitrogen and oxygen atoms in total. The topological polar surface area (TPSA) is 50.7 Å². The molecule has 2 N–H and O–H groups in total. The van der Waals surface area contributed by atoms with Gasteiger partial charge in [0, 0.05) is 31.0 Å². The fourth-order valence-corrected chi connectivity index (χ4v) is 2.06. The second-order valence-corrected chi connectivity index (χ2v) is 4.27. The summed E-state index contributed by atoms with van der Waals surface area (Å²) in [6, 6.07) is 5.81. The standard InChI is InChI=1S/C13H19NO3/c1-16-13-5-4-11(9-12(13)15)14-10-3-2-7-17-8-6-10/h4-5,9-10,14-15H,2-3,6-8H2,1H3. The van der Waals surface area contributed by atoms with Crippen molar-refractivity contribution in [3.05, 3.63) is 18.2 Å². The maximum Gasteiger partial charge on any atom is 0.160 e. The van der Waals surface area contributed by atoms with Crippen molar-refractivity contribution >= 4 is 5.69 Å². The molecule has 0 aromatic heterocycles. The van der Waals surface area contributed by atoms with E-state index in [4.69, 9.17) is 9.47 Å². The summed E-state index contributed by atoms with van der Waals surface area (Å²) in [7, 11) is 1.55. The summed E-state index contributed by atoms with van der Waals surface area (Å²) in [6.45, 7) is 1.66. The van der Waals surface area contributed by atoms with Crippen LogP contribution in [0.1, 0.15) is 19.3 Å². The minimum Gasteiger partial charge on any atom is -0.504 e. The molecule has 1 heterocycles. The number of ether oxygens (including phenoxy) is 2. The van der Waals surface area contributed by atoms with E-state index in [1.54, 1.807) is 19.2 Å². The molecule has 1 saturated heterocycles. The molecular weight excluding hydrogens is 218 g/mol. The highest BCUT2D eigenvalue weighted by atomic mass is 16.5. The van der Waals surface area contributed by atoms with Gasteiger partial charge in [-0.2, -0.15) is 0 Å². The lowest BCUT2D eigenvalue weighted by Gasteiger charge is -2.17. The van der Waals surface area contributed by atoms with Crippen molar-refractivity contribution in [2.75, 3.05) is 25.6 Å². The average Bonchev–Trinajstić information content (AvgIpc) is 2.58. The smallest absolute Gasteiger partial charge is 0.160 e. The Bertz CT molecular complexity index is 360. The fraction of sp³-hybridized carbons (Fsp3) is 0.538. The van der Waals surface area contributed by atoms with Crippen molar-refractivity contribution in [3.63, 3.8) is 0 Å². The number of hydrogen-bond acceptors (Lipinski definition) is 4. The number of hydrogen-bond donors (Lipinski definition) is 2. The number of methoxy groups -OCH3 is 1. The minimum atomic E-state index is 0.169. The normalized spacial score (nSPS) is 20.6. The molecular formula is C13H19NO3. The minimum absolute atomic E-state index is 0.169. The lowest BCUT2D eigenvalue weighted by molar-refractivity contribution is 0.144. The van der Waals surface area contributed by atoms with E-state index in [9.17, 15) is 5.11 Å². The highest BCUT2D eigenvalue weighted by Crippen LogP contribution is 2.29. The Morgan fingerprint density at radius 1 is 1.35 bits per heavy atom. The van der Waals surface area contributed by atoms with Crippen LogP contribution >= 0.6 is 0 Å². The van der Waals surface area contributed by atoms with E-state index in [-0.39, 0.29) is 5.75 Å². The second-order valence-electron chi connectivity index (χ2n) is 4.27. The molecule has 1 fully saturated rings. The van der Waals surface area contributed by atoms with Crippen LogP contribution < -0.4 is 10.1 Å². The Labute approximate surface area is 102 Å². The highest BCUT2D eigenvalue weighted by molar-refractivity contribution is 5.54. The Morgan fingerprint density at radius 2 is 2.24 bits per heavy atom. The van der Waals surface area contributed by atoms with Gasteiger partial charge in [-0.25, -0.2) is 0 Å². The maximum absolute atomic E-state index is 9.69. The van der Waals surface area contributed by atoms with Crippen molar-refractivity contribution < 1.29 is 14.6 Å². The van der Waals surface area contributed by atoms with E-state index in [0.717, 1.165) is 38.2 Å². The van der Waals surface area contributed by atoms with Crippen LogP contribution in [-0.2, 0) is 4.74 Å². The second kappa shape index (κ2) is 5.77. The molecule has 0 aliphatic carbocycles. The summed E-state index contributed by atoms with van der Waals surface area (Å²) >= 11 is 0. The number of phenols is 1. The molecule has 0 saturated carbocycles. The molecule has 94 valence electrons. The van der Waals surface area contributed by atoms with Crippen molar-refractivity contribution in [3.8, 4) is 11.5 Å². The summed E-state index contributed by atoms with van der Waals surface area (Å²) in [4.78, 5) is 0. The lowest BCUT2D eigenvalue weighted by Crippen LogP contribution is -2.19. The third-order valence-corrected chi connectivity index (χ3v) is 3.00.